The number of aryl methyl sites for hydroxylation is 1. The predicted octanol–water partition coefficient (Wildman–Crippen LogP) is 4.48. The average Bonchev–Trinajstić information content (AvgIpc) is 2.62. The van der Waals surface area contributed by atoms with E-state index in [1.165, 1.54) is 22.7 Å². The number of nitrogens with one attached hydrogen (secondary N) is 1. The first-order valence-electron chi connectivity index (χ1n) is 8.22. The standard InChI is InChI=1S/C20H21N3O/c24-22-15-18-11-6-10-17(23-18)9-3-4-14-21-20-13-5-8-16-7-1-2-12-19(16)20/h1-2,5-8,10-13,15,21,24H,3-4,9,14H2/b22-15-. The number of benzene rings is 2. The van der Waals surface area contributed by atoms with E-state index in [0.29, 0.717) is 5.69 Å². The van der Waals surface area contributed by atoms with Crippen molar-refractivity contribution in [1.29, 1.82) is 0 Å². The van der Waals surface area contributed by atoms with Gasteiger partial charge in [0.2, 0.25) is 0 Å². The molecule has 0 bridgehead atoms. The molecule has 0 amide bonds. The molecule has 0 aliphatic heterocycles. The number of aromatic nitrogens is 1. The lowest BCUT2D eigenvalue weighted by molar-refractivity contribution is 0.321. The van der Waals surface area contributed by atoms with Crippen LogP contribution in [0.1, 0.15) is 24.2 Å². The van der Waals surface area contributed by atoms with Crippen LogP contribution in [0.3, 0.4) is 0 Å². The summed E-state index contributed by atoms with van der Waals surface area (Å²) >= 11 is 0. The lowest BCUT2D eigenvalue weighted by Gasteiger charge is -2.09. The summed E-state index contributed by atoms with van der Waals surface area (Å²) < 4.78 is 0. The van der Waals surface area contributed by atoms with Gasteiger partial charge in [-0.25, -0.2) is 0 Å². The Hall–Kier alpha value is -2.88. The van der Waals surface area contributed by atoms with Crippen LogP contribution in [0.2, 0.25) is 0 Å². The van der Waals surface area contributed by atoms with Gasteiger partial charge in [0.05, 0.1) is 11.9 Å². The minimum Gasteiger partial charge on any atom is -0.411 e. The van der Waals surface area contributed by atoms with E-state index < -0.39 is 0 Å². The molecular formula is C20H21N3O. The van der Waals surface area contributed by atoms with Crippen LogP contribution in [0.25, 0.3) is 10.8 Å². The summed E-state index contributed by atoms with van der Waals surface area (Å²) in [6, 6.07) is 20.5. The van der Waals surface area contributed by atoms with E-state index in [4.69, 9.17) is 5.21 Å². The molecule has 1 aromatic heterocycles. The van der Waals surface area contributed by atoms with Crippen molar-refractivity contribution in [3.63, 3.8) is 0 Å². The van der Waals surface area contributed by atoms with Crippen molar-refractivity contribution in [2.75, 3.05) is 11.9 Å². The second-order valence-electron chi connectivity index (χ2n) is 5.71. The molecule has 0 saturated carbocycles. The monoisotopic (exact) mass is 319 g/mol. The second kappa shape index (κ2) is 8.11. The van der Waals surface area contributed by atoms with Gasteiger partial charge < -0.3 is 10.5 Å². The molecule has 4 nitrogen and oxygen atoms in total. The molecule has 0 fully saturated rings. The number of rotatable bonds is 7. The smallest absolute Gasteiger partial charge is 0.0918 e. The first-order valence-corrected chi connectivity index (χ1v) is 8.22. The number of pyridine rings is 1. The molecule has 2 N–H and O–H groups in total. The molecule has 0 atom stereocenters. The fourth-order valence-corrected chi connectivity index (χ4v) is 2.80. The van der Waals surface area contributed by atoms with E-state index in [2.05, 4.69) is 57.9 Å². The van der Waals surface area contributed by atoms with E-state index >= 15 is 0 Å². The maximum absolute atomic E-state index is 8.56. The normalized spacial score (nSPS) is 11.2. The van der Waals surface area contributed by atoms with Crippen molar-refractivity contribution in [3.8, 4) is 0 Å². The van der Waals surface area contributed by atoms with Crippen molar-refractivity contribution < 1.29 is 5.21 Å². The Balaban J connectivity index is 1.49. The Morgan fingerprint density at radius 1 is 0.958 bits per heavy atom. The molecule has 0 spiro atoms. The second-order valence-corrected chi connectivity index (χ2v) is 5.71. The van der Waals surface area contributed by atoms with Crippen molar-refractivity contribution in [2.45, 2.75) is 19.3 Å². The van der Waals surface area contributed by atoms with Gasteiger partial charge in [0.15, 0.2) is 0 Å². The van der Waals surface area contributed by atoms with Gasteiger partial charge in [0.25, 0.3) is 0 Å². The molecule has 24 heavy (non-hydrogen) atoms. The molecule has 2 aromatic carbocycles. The molecule has 0 radical (unpaired) electrons. The van der Waals surface area contributed by atoms with Gasteiger partial charge in [-0.15, -0.1) is 0 Å². The summed E-state index contributed by atoms with van der Waals surface area (Å²) in [6.07, 6.45) is 4.41. The quantitative estimate of drug-likeness (QED) is 0.292. The van der Waals surface area contributed by atoms with Crippen molar-refractivity contribution >= 4 is 22.7 Å². The van der Waals surface area contributed by atoms with E-state index in [1.807, 2.05) is 18.2 Å². The number of fused-ring (bicyclic) bond motifs is 1. The SMILES string of the molecule is O/N=C\c1cccc(CCCCNc2cccc3ccccc23)n1. The van der Waals surface area contributed by atoms with Crippen LogP contribution in [0.5, 0.6) is 0 Å². The van der Waals surface area contributed by atoms with E-state index in [-0.39, 0.29) is 0 Å². The number of hydrogen-bond donors (Lipinski definition) is 2. The van der Waals surface area contributed by atoms with E-state index in [0.717, 1.165) is 31.5 Å². The zero-order valence-corrected chi connectivity index (χ0v) is 13.5. The Morgan fingerprint density at radius 3 is 2.71 bits per heavy atom. The highest BCUT2D eigenvalue weighted by Crippen LogP contribution is 2.22. The molecule has 3 aromatic rings. The maximum Gasteiger partial charge on any atom is 0.0918 e. The van der Waals surface area contributed by atoms with E-state index in [9.17, 15) is 0 Å². The fraction of sp³-hybridized carbons (Fsp3) is 0.200. The third-order valence-electron chi connectivity index (χ3n) is 3.98. The fourth-order valence-electron chi connectivity index (χ4n) is 2.80. The molecular weight excluding hydrogens is 298 g/mol. The molecule has 1 heterocycles. The molecule has 0 aliphatic rings. The number of nitrogens with zero attached hydrogens (tertiary/aromatic N) is 2. The van der Waals surface area contributed by atoms with Gasteiger partial charge >= 0.3 is 0 Å². The van der Waals surface area contributed by atoms with Crippen LogP contribution in [0, 0.1) is 0 Å². The molecule has 0 saturated heterocycles. The third kappa shape index (κ3) is 4.10. The topological polar surface area (TPSA) is 57.5 Å². The Labute approximate surface area is 141 Å². The third-order valence-corrected chi connectivity index (χ3v) is 3.98. The number of hydrogen-bond acceptors (Lipinski definition) is 4. The summed E-state index contributed by atoms with van der Waals surface area (Å²) in [5.74, 6) is 0. The molecule has 0 unspecified atom stereocenters. The average molecular weight is 319 g/mol. The largest absolute Gasteiger partial charge is 0.411 e. The van der Waals surface area contributed by atoms with Crippen LogP contribution in [-0.2, 0) is 6.42 Å². The van der Waals surface area contributed by atoms with Crippen molar-refractivity contribution in [2.24, 2.45) is 5.16 Å². The molecule has 0 aliphatic carbocycles. The minimum absolute atomic E-state index is 0.684. The highest BCUT2D eigenvalue weighted by molar-refractivity contribution is 5.93. The summed E-state index contributed by atoms with van der Waals surface area (Å²) in [5.41, 5.74) is 2.90. The minimum atomic E-state index is 0.684. The zero-order chi connectivity index (χ0) is 16.6. The predicted molar refractivity (Wildman–Crippen MR) is 99.0 cm³/mol. The van der Waals surface area contributed by atoms with Gasteiger partial charge in [-0.1, -0.05) is 47.6 Å². The summed E-state index contributed by atoms with van der Waals surface area (Å²) in [6.45, 7) is 0.936. The lowest BCUT2D eigenvalue weighted by Crippen LogP contribution is -2.03. The van der Waals surface area contributed by atoms with Crippen LogP contribution in [0.15, 0.2) is 65.8 Å². The van der Waals surface area contributed by atoms with Gasteiger partial charge in [0, 0.05) is 23.3 Å². The van der Waals surface area contributed by atoms with Crippen LogP contribution in [0.4, 0.5) is 5.69 Å². The molecule has 122 valence electrons. The molecule has 4 heteroatoms. The summed E-state index contributed by atoms with van der Waals surface area (Å²) in [4.78, 5) is 4.43. The maximum atomic E-state index is 8.56. The Morgan fingerprint density at radius 2 is 1.79 bits per heavy atom. The highest BCUT2D eigenvalue weighted by Gasteiger charge is 2.00. The van der Waals surface area contributed by atoms with Crippen molar-refractivity contribution in [1.82, 2.24) is 4.98 Å². The van der Waals surface area contributed by atoms with Crippen LogP contribution in [-0.4, -0.2) is 23.0 Å². The Bertz CT molecular complexity index is 824. The number of oxime groups is 1. The Kier molecular flexibility index (Phi) is 5.40. The summed E-state index contributed by atoms with van der Waals surface area (Å²) in [5, 5.41) is 17.6. The van der Waals surface area contributed by atoms with Gasteiger partial charge in [-0.05, 0) is 42.8 Å². The summed E-state index contributed by atoms with van der Waals surface area (Å²) in [7, 11) is 0. The van der Waals surface area contributed by atoms with Crippen molar-refractivity contribution in [3.05, 3.63) is 72.1 Å². The lowest BCUT2D eigenvalue weighted by atomic mass is 10.1. The molecule has 3 rings (SSSR count). The van der Waals surface area contributed by atoms with Gasteiger partial charge in [-0.2, -0.15) is 0 Å². The number of unbranched alkanes of at least 4 members (excludes halogenated alkanes) is 1. The van der Waals surface area contributed by atoms with Gasteiger partial charge in [-0.3, -0.25) is 4.98 Å². The van der Waals surface area contributed by atoms with Gasteiger partial charge in [0.1, 0.15) is 0 Å². The number of anilines is 1. The first-order chi connectivity index (χ1) is 11.9. The van der Waals surface area contributed by atoms with Crippen LogP contribution < -0.4 is 5.32 Å². The zero-order valence-electron chi connectivity index (χ0n) is 13.5. The first kappa shape index (κ1) is 16.0. The highest BCUT2D eigenvalue weighted by atomic mass is 16.4. The van der Waals surface area contributed by atoms with Crippen LogP contribution >= 0.6 is 0 Å². The van der Waals surface area contributed by atoms with E-state index in [1.54, 1.807) is 0 Å².